The summed E-state index contributed by atoms with van der Waals surface area (Å²) in [5, 5.41) is 6.46. The van der Waals surface area contributed by atoms with Gasteiger partial charge in [0, 0.05) is 6.20 Å². The van der Waals surface area contributed by atoms with Gasteiger partial charge in [-0.05, 0) is 31.5 Å². The molecule has 25 heavy (non-hydrogen) atoms. The van der Waals surface area contributed by atoms with Gasteiger partial charge in [-0.1, -0.05) is 18.2 Å². The van der Waals surface area contributed by atoms with Gasteiger partial charge in [-0.3, -0.25) is 4.79 Å². The number of rotatable bonds is 5. The molecule has 0 atom stereocenters. The first-order valence-corrected chi connectivity index (χ1v) is 8.88. The summed E-state index contributed by atoms with van der Waals surface area (Å²) >= 11 is 0. The van der Waals surface area contributed by atoms with Gasteiger partial charge in [-0.2, -0.15) is 17.6 Å². The molecule has 0 saturated heterocycles. The lowest BCUT2D eigenvalue weighted by molar-refractivity contribution is 0.0942. The van der Waals surface area contributed by atoms with Crippen LogP contribution >= 0.6 is 0 Å². The molecule has 9 heteroatoms. The maximum absolute atomic E-state index is 12.6. The van der Waals surface area contributed by atoms with E-state index in [1.54, 1.807) is 38.2 Å². The van der Waals surface area contributed by atoms with Crippen LogP contribution in [0.2, 0.25) is 0 Å². The number of hydrogen-bond acceptors (Lipinski definition) is 6. The molecule has 1 amide bonds. The highest BCUT2D eigenvalue weighted by Gasteiger charge is 2.21. The molecule has 0 fully saturated rings. The van der Waals surface area contributed by atoms with Crippen LogP contribution in [0.1, 0.15) is 27.7 Å². The van der Waals surface area contributed by atoms with Crippen LogP contribution in [0, 0.1) is 13.8 Å². The maximum Gasteiger partial charge on any atom is 0.283 e. The number of nitrogens with zero attached hydrogens (tertiary/aromatic N) is 3. The molecule has 0 saturated carbocycles. The van der Waals surface area contributed by atoms with E-state index in [1.807, 2.05) is 0 Å². The lowest BCUT2D eigenvalue weighted by Gasteiger charge is -2.07. The summed E-state index contributed by atoms with van der Waals surface area (Å²) in [6.45, 7) is 3.53. The molecule has 3 aromatic rings. The number of carbonyl (C=O) groups excluding carboxylic acids is 1. The first kappa shape index (κ1) is 16.9. The first-order chi connectivity index (χ1) is 11.9. The summed E-state index contributed by atoms with van der Waals surface area (Å²) in [5.74, 6) is 0.477. The molecular weight excluding hydrogens is 344 g/mol. The smallest absolute Gasteiger partial charge is 0.283 e. The van der Waals surface area contributed by atoms with Crippen molar-refractivity contribution in [2.24, 2.45) is 0 Å². The van der Waals surface area contributed by atoms with Crippen LogP contribution in [-0.2, 0) is 16.6 Å². The zero-order valence-corrected chi connectivity index (χ0v) is 14.4. The third kappa shape index (κ3) is 3.45. The molecule has 0 bridgehead atoms. The molecule has 1 aromatic carbocycles. The summed E-state index contributed by atoms with van der Waals surface area (Å²) in [7, 11) is -3.85. The summed E-state index contributed by atoms with van der Waals surface area (Å²) in [6.07, 6.45) is 2.79. The Morgan fingerprint density at radius 3 is 2.68 bits per heavy atom. The maximum atomic E-state index is 12.6. The minimum absolute atomic E-state index is 0.0135. The molecule has 3 rings (SSSR count). The van der Waals surface area contributed by atoms with Gasteiger partial charge in [0.15, 0.2) is 5.69 Å². The van der Waals surface area contributed by atoms with Crippen LogP contribution in [0.15, 0.2) is 52.0 Å². The number of aromatic nitrogens is 3. The predicted octanol–water partition coefficient (Wildman–Crippen LogP) is 1.65. The Kier molecular flexibility index (Phi) is 4.41. The molecule has 8 nitrogen and oxygen atoms in total. The Balaban J connectivity index is 1.77. The standard InChI is InChI=1S/C16H16N4O4S/c1-11-5-3-4-6-14(11)25(22,23)20-8-7-13(19-20)16(21)18-10-15-17-9-12(2)24-15/h3-9H,10H2,1-2H3,(H,18,21). The second-order valence-corrected chi connectivity index (χ2v) is 7.16. The molecule has 0 spiro atoms. The largest absolute Gasteiger partial charge is 0.444 e. The van der Waals surface area contributed by atoms with Gasteiger partial charge >= 0.3 is 0 Å². The number of benzene rings is 1. The van der Waals surface area contributed by atoms with Crippen LogP contribution in [0.5, 0.6) is 0 Å². The minimum Gasteiger partial charge on any atom is -0.444 e. The lowest BCUT2D eigenvalue weighted by Crippen LogP contribution is -2.24. The number of carbonyl (C=O) groups is 1. The molecule has 2 heterocycles. The van der Waals surface area contributed by atoms with Crippen molar-refractivity contribution < 1.29 is 17.6 Å². The highest BCUT2D eigenvalue weighted by Crippen LogP contribution is 2.17. The average molecular weight is 360 g/mol. The van der Waals surface area contributed by atoms with E-state index in [9.17, 15) is 13.2 Å². The Bertz CT molecular complexity index is 1020. The monoisotopic (exact) mass is 360 g/mol. The van der Waals surface area contributed by atoms with Gasteiger partial charge in [0.2, 0.25) is 5.89 Å². The van der Waals surface area contributed by atoms with Crippen LogP contribution < -0.4 is 5.32 Å². The second-order valence-electron chi connectivity index (χ2n) is 5.39. The summed E-state index contributed by atoms with van der Waals surface area (Å²) in [5.41, 5.74) is 0.587. The summed E-state index contributed by atoms with van der Waals surface area (Å²) in [4.78, 5) is 16.2. The van der Waals surface area contributed by atoms with Gasteiger partial charge in [0.1, 0.15) is 5.76 Å². The van der Waals surface area contributed by atoms with Crippen molar-refractivity contribution >= 4 is 15.9 Å². The van der Waals surface area contributed by atoms with E-state index in [2.05, 4.69) is 15.4 Å². The van der Waals surface area contributed by atoms with E-state index in [1.165, 1.54) is 18.3 Å². The fourth-order valence-electron chi connectivity index (χ4n) is 2.24. The van der Waals surface area contributed by atoms with Crippen molar-refractivity contribution in [3.8, 4) is 0 Å². The number of aryl methyl sites for hydroxylation is 2. The molecule has 0 unspecified atom stereocenters. The molecule has 2 aromatic heterocycles. The number of oxazole rings is 1. The van der Waals surface area contributed by atoms with Gasteiger partial charge in [0.25, 0.3) is 15.9 Å². The topological polar surface area (TPSA) is 107 Å². The van der Waals surface area contributed by atoms with E-state index in [4.69, 9.17) is 4.42 Å². The third-order valence-electron chi connectivity index (χ3n) is 3.49. The second kappa shape index (κ2) is 6.52. The van der Waals surface area contributed by atoms with E-state index in [-0.39, 0.29) is 17.1 Å². The van der Waals surface area contributed by atoms with E-state index in [0.717, 1.165) is 4.09 Å². The Morgan fingerprint density at radius 1 is 1.24 bits per heavy atom. The molecule has 1 N–H and O–H groups in total. The highest BCUT2D eigenvalue weighted by molar-refractivity contribution is 7.89. The molecule has 0 radical (unpaired) electrons. The van der Waals surface area contributed by atoms with Gasteiger partial charge in [0.05, 0.1) is 17.6 Å². The SMILES string of the molecule is Cc1cnc(CNC(=O)c2ccn(S(=O)(=O)c3ccccc3C)n2)o1. The van der Waals surface area contributed by atoms with E-state index >= 15 is 0 Å². The molecular formula is C16H16N4O4S. The quantitative estimate of drug-likeness (QED) is 0.741. The fourth-order valence-corrected chi connectivity index (χ4v) is 3.58. The van der Waals surface area contributed by atoms with Crippen molar-refractivity contribution in [3.63, 3.8) is 0 Å². The van der Waals surface area contributed by atoms with E-state index < -0.39 is 15.9 Å². The summed E-state index contributed by atoms with van der Waals surface area (Å²) in [6, 6.07) is 7.92. The Hall–Kier alpha value is -2.94. The highest BCUT2D eigenvalue weighted by atomic mass is 32.2. The van der Waals surface area contributed by atoms with Crippen molar-refractivity contribution in [1.29, 1.82) is 0 Å². The van der Waals surface area contributed by atoms with Gasteiger partial charge in [-0.15, -0.1) is 0 Å². The van der Waals surface area contributed by atoms with E-state index in [0.29, 0.717) is 17.2 Å². The molecule has 0 aliphatic carbocycles. The molecule has 130 valence electrons. The number of amides is 1. The normalized spacial score (nSPS) is 11.4. The first-order valence-electron chi connectivity index (χ1n) is 7.44. The minimum atomic E-state index is -3.85. The molecule has 0 aliphatic rings. The van der Waals surface area contributed by atoms with Crippen molar-refractivity contribution in [2.45, 2.75) is 25.3 Å². The van der Waals surface area contributed by atoms with Crippen LogP contribution in [-0.4, -0.2) is 28.5 Å². The van der Waals surface area contributed by atoms with Crippen molar-refractivity contribution in [3.05, 3.63) is 65.6 Å². The fraction of sp³-hybridized carbons (Fsp3) is 0.188. The van der Waals surface area contributed by atoms with Crippen LogP contribution in [0.4, 0.5) is 0 Å². The molecule has 0 aliphatic heterocycles. The predicted molar refractivity (Wildman–Crippen MR) is 88.4 cm³/mol. The van der Waals surface area contributed by atoms with Gasteiger partial charge in [-0.25, -0.2) is 4.98 Å². The summed E-state index contributed by atoms with van der Waals surface area (Å²) < 4.78 is 31.3. The Morgan fingerprint density at radius 2 is 2.00 bits per heavy atom. The van der Waals surface area contributed by atoms with Crippen molar-refractivity contribution in [2.75, 3.05) is 0 Å². The van der Waals surface area contributed by atoms with Crippen molar-refractivity contribution in [1.82, 2.24) is 19.5 Å². The average Bonchev–Trinajstić information content (AvgIpc) is 3.22. The van der Waals surface area contributed by atoms with Crippen LogP contribution in [0.25, 0.3) is 0 Å². The van der Waals surface area contributed by atoms with Crippen LogP contribution in [0.3, 0.4) is 0 Å². The lowest BCUT2D eigenvalue weighted by atomic mass is 10.2. The Labute approximate surface area is 144 Å². The zero-order valence-electron chi connectivity index (χ0n) is 13.6. The third-order valence-corrected chi connectivity index (χ3v) is 5.20. The zero-order chi connectivity index (χ0) is 18.0. The number of nitrogens with one attached hydrogen (secondary N) is 1. The van der Waals surface area contributed by atoms with Gasteiger partial charge < -0.3 is 9.73 Å². The number of hydrogen-bond donors (Lipinski definition) is 1.